The molecule has 25 heavy (non-hydrogen) atoms. The van der Waals surface area contributed by atoms with Gasteiger partial charge in [-0.15, -0.1) is 11.3 Å². The summed E-state index contributed by atoms with van der Waals surface area (Å²) in [4.78, 5) is 18.4. The van der Waals surface area contributed by atoms with Crippen LogP contribution in [0, 0.1) is 12.8 Å². The van der Waals surface area contributed by atoms with Gasteiger partial charge in [-0.05, 0) is 32.6 Å². The Morgan fingerprint density at radius 2 is 2.12 bits per heavy atom. The van der Waals surface area contributed by atoms with E-state index in [1.807, 2.05) is 12.3 Å². The zero-order chi connectivity index (χ0) is 18.1. The highest BCUT2D eigenvalue weighted by atomic mass is 32.1. The van der Waals surface area contributed by atoms with Gasteiger partial charge < -0.3 is 4.90 Å². The van der Waals surface area contributed by atoms with Crippen LogP contribution in [0.25, 0.3) is 0 Å². The highest BCUT2D eigenvalue weighted by molar-refractivity contribution is 7.09. The number of likely N-dealkylation sites (tertiary alicyclic amines) is 1. The molecular weight excluding hydrogens is 351 g/mol. The number of amides is 1. The molecule has 2 aliphatic rings. The predicted molar refractivity (Wildman–Crippen MR) is 90.4 cm³/mol. The van der Waals surface area contributed by atoms with Crippen LogP contribution in [0.5, 0.6) is 0 Å². The van der Waals surface area contributed by atoms with Crippen molar-refractivity contribution in [2.24, 2.45) is 5.92 Å². The van der Waals surface area contributed by atoms with E-state index >= 15 is 0 Å². The Labute approximate surface area is 149 Å². The maximum absolute atomic E-state index is 12.9. The molecule has 0 bridgehead atoms. The summed E-state index contributed by atoms with van der Waals surface area (Å²) in [7, 11) is 0. The summed E-state index contributed by atoms with van der Waals surface area (Å²) in [5.74, 6) is -1.64. The van der Waals surface area contributed by atoms with Crippen molar-refractivity contribution in [1.82, 2.24) is 15.2 Å². The van der Waals surface area contributed by atoms with Gasteiger partial charge in [0.05, 0.1) is 18.0 Å². The fourth-order valence-corrected chi connectivity index (χ4v) is 4.88. The van der Waals surface area contributed by atoms with Gasteiger partial charge in [0, 0.05) is 24.2 Å². The van der Waals surface area contributed by atoms with E-state index in [1.165, 1.54) is 4.90 Å². The van der Waals surface area contributed by atoms with E-state index in [1.54, 1.807) is 11.3 Å². The lowest BCUT2D eigenvalue weighted by Crippen LogP contribution is -2.50. The molecule has 0 unspecified atom stereocenters. The lowest BCUT2D eigenvalue weighted by Gasteiger charge is -2.35. The molecule has 1 aliphatic carbocycles. The van der Waals surface area contributed by atoms with Crippen LogP contribution in [0.3, 0.4) is 0 Å². The average molecular weight is 375 g/mol. The van der Waals surface area contributed by atoms with Crippen molar-refractivity contribution in [3.05, 3.63) is 16.1 Å². The second kappa shape index (κ2) is 7.23. The van der Waals surface area contributed by atoms with Crippen molar-refractivity contribution in [1.29, 1.82) is 0 Å². The molecule has 3 rings (SSSR count). The number of hydrogen-bond acceptors (Lipinski definition) is 4. The number of halogens is 3. The second-order valence-electron chi connectivity index (χ2n) is 7.16. The van der Waals surface area contributed by atoms with Gasteiger partial charge in [0.25, 0.3) is 0 Å². The first-order chi connectivity index (χ1) is 11.8. The van der Waals surface area contributed by atoms with Crippen LogP contribution < -0.4 is 5.32 Å². The third-order valence-corrected chi connectivity index (χ3v) is 6.46. The Kier molecular flexibility index (Phi) is 5.39. The average Bonchev–Trinajstić information content (AvgIpc) is 3.22. The van der Waals surface area contributed by atoms with Gasteiger partial charge in [-0.2, -0.15) is 13.2 Å². The predicted octanol–water partition coefficient (Wildman–Crippen LogP) is 3.61. The Balaban J connectivity index is 1.62. The van der Waals surface area contributed by atoms with Crippen molar-refractivity contribution in [2.75, 3.05) is 19.6 Å². The molecule has 1 amide bonds. The van der Waals surface area contributed by atoms with Gasteiger partial charge in [-0.25, -0.2) is 4.98 Å². The molecule has 1 aromatic heterocycles. The summed E-state index contributed by atoms with van der Waals surface area (Å²) >= 11 is 1.59. The summed E-state index contributed by atoms with van der Waals surface area (Å²) in [5.41, 5.74) is 0.664. The topological polar surface area (TPSA) is 45.2 Å². The molecule has 1 atom stereocenters. The maximum atomic E-state index is 12.9. The Hall–Kier alpha value is -1.15. The summed E-state index contributed by atoms with van der Waals surface area (Å²) < 4.78 is 38.8. The number of nitrogens with zero attached hydrogens (tertiary/aromatic N) is 2. The fourth-order valence-electron chi connectivity index (χ4n) is 3.85. The van der Waals surface area contributed by atoms with Crippen LogP contribution in [0.4, 0.5) is 13.2 Å². The molecule has 140 valence electrons. The fraction of sp³-hybridized carbons (Fsp3) is 0.765. The van der Waals surface area contributed by atoms with Gasteiger partial charge >= 0.3 is 6.18 Å². The normalized spacial score (nSPS) is 23.8. The van der Waals surface area contributed by atoms with Crippen molar-refractivity contribution in [3.8, 4) is 0 Å². The van der Waals surface area contributed by atoms with Gasteiger partial charge in [0.1, 0.15) is 5.01 Å². The molecule has 8 heteroatoms. The van der Waals surface area contributed by atoms with Crippen LogP contribution in [0.15, 0.2) is 5.38 Å². The standard InChI is InChI=1S/C17H24F3N3OS/c1-12-11-25-15(22-12)16(6-2-3-7-16)21-9-14(24)23-8-4-5-13(10-23)17(18,19)20/h11,13,21H,2-10H2,1H3/t13-/m0/s1. The molecule has 0 radical (unpaired) electrons. The first-order valence-electron chi connectivity index (χ1n) is 8.82. The summed E-state index contributed by atoms with van der Waals surface area (Å²) in [5, 5.41) is 6.34. The quantitative estimate of drug-likeness (QED) is 0.874. The summed E-state index contributed by atoms with van der Waals surface area (Å²) in [6, 6.07) is 0. The van der Waals surface area contributed by atoms with E-state index in [9.17, 15) is 18.0 Å². The second-order valence-corrected chi connectivity index (χ2v) is 8.02. The minimum Gasteiger partial charge on any atom is -0.341 e. The highest BCUT2D eigenvalue weighted by Crippen LogP contribution is 2.40. The maximum Gasteiger partial charge on any atom is 0.393 e. The van der Waals surface area contributed by atoms with Crippen LogP contribution in [-0.2, 0) is 10.3 Å². The van der Waals surface area contributed by atoms with Gasteiger partial charge in [-0.3, -0.25) is 10.1 Å². The number of aryl methyl sites for hydroxylation is 1. The minimum atomic E-state index is -4.22. The third-order valence-electron chi connectivity index (χ3n) is 5.30. The summed E-state index contributed by atoms with van der Waals surface area (Å²) in [6.45, 7) is 2.21. The largest absolute Gasteiger partial charge is 0.393 e. The van der Waals surface area contributed by atoms with Crippen molar-refractivity contribution in [3.63, 3.8) is 0 Å². The monoisotopic (exact) mass is 375 g/mol. The van der Waals surface area contributed by atoms with E-state index in [2.05, 4.69) is 10.3 Å². The highest BCUT2D eigenvalue weighted by Gasteiger charge is 2.43. The Morgan fingerprint density at radius 3 is 2.72 bits per heavy atom. The van der Waals surface area contributed by atoms with Crippen LogP contribution in [0.2, 0.25) is 0 Å². The molecule has 1 saturated heterocycles. The van der Waals surface area contributed by atoms with Crippen molar-refractivity contribution >= 4 is 17.2 Å². The lowest BCUT2D eigenvalue weighted by atomic mass is 9.96. The molecule has 4 nitrogen and oxygen atoms in total. The van der Waals surface area contributed by atoms with E-state index in [0.717, 1.165) is 36.4 Å². The SMILES string of the molecule is Cc1csc(C2(NCC(=O)N3CCC[C@H](C(F)(F)F)C3)CCCC2)n1. The first kappa shape index (κ1) is 18.6. The van der Waals surface area contributed by atoms with Crippen LogP contribution in [-0.4, -0.2) is 41.6 Å². The zero-order valence-electron chi connectivity index (χ0n) is 14.4. The van der Waals surface area contributed by atoms with E-state index in [-0.39, 0.29) is 31.0 Å². The number of alkyl halides is 3. The lowest BCUT2D eigenvalue weighted by molar-refractivity contribution is -0.187. The molecule has 0 spiro atoms. The van der Waals surface area contributed by atoms with E-state index in [4.69, 9.17) is 0 Å². The van der Waals surface area contributed by atoms with E-state index < -0.39 is 12.1 Å². The number of aromatic nitrogens is 1. The van der Waals surface area contributed by atoms with Crippen molar-refractivity contribution in [2.45, 2.75) is 57.2 Å². The minimum absolute atomic E-state index is 0.0726. The molecule has 0 aromatic carbocycles. The van der Waals surface area contributed by atoms with E-state index in [0.29, 0.717) is 13.0 Å². The summed E-state index contributed by atoms with van der Waals surface area (Å²) in [6.07, 6.45) is 0.267. The number of rotatable bonds is 4. The number of piperidine rings is 1. The number of carbonyl (C=O) groups excluding carboxylic acids is 1. The van der Waals surface area contributed by atoms with Gasteiger partial charge in [0.15, 0.2) is 0 Å². The van der Waals surface area contributed by atoms with Gasteiger partial charge in [0.2, 0.25) is 5.91 Å². The zero-order valence-corrected chi connectivity index (χ0v) is 15.2. The molecule has 2 fully saturated rings. The number of nitrogens with one attached hydrogen (secondary N) is 1. The molecule has 1 aliphatic heterocycles. The smallest absolute Gasteiger partial charge is 0.341 e. The van der Waals surface area contributed by atoms with Gasteiger partial charge in [-0.1, -0.05) is 12.8 Å². The van der Waals surface area contributed by atoms with Crippen LogP contribution >= 0.6 is 11.3 Å². The number of carbonyl (C=O) groups is 1. The molecule has 2 heterocycles. The van der Waals surface area contributed by atoms with Crippen molar-refractivity contribution < 1.29 is 18.0 Å². The Morgan fingerprint density at radius 1 is 1.40 bits per heavy atom. The molecule has 1 N–H and O–H groups in total. The first-order valence-corrected chi connectivity index (χ1v) is 9.70. The molecule has 1 saturated carbocycles. The number of thiazole rings is 1. The third kappa shape index (κ3) is 4.16. The molecular formula is C17H24F3N3OS. The molecule has 1 aromatic rings. The Bertz CT molecular complexity index is 611. The van der Waals surface area contributed by atoms with Crippen LogP contribution in [0.1, 0.15) is 49.2 Å². The number of hydrogen-bond donors (Lipinski definition) is 1.